The standard InChI is InChI=1S/C16H19FN4O/c1-21-15(13-3-2-4-14(13)20-21)10-19-16(22)18-9-11-5-7-12(17)8-6-11/h5-8H,2-4,9-10H2,1H3,(H2,18,19,22). The molecule has 0 aliphatic heterocycles. The topological polar surface area (TPSA) is 59.0 Å². The van der Waals surface area contributed by atoms with Crippen LogP contribution < -0.4 is 10.6 Å². The number of nitrogens with zero attached hydrogens (tertiary/aromatic N) is 2. The number of fused-ring (bicyclic) bond motifs is 1. The van der Waals surface area contributed by atoms with Crippen LogP contribution in [0.4, 0.5) is 9.18 Å². The third-order valence-electron chi connectivity index (χ3n) is 3.98. The Balaban J connectivity index is 1.51. The SMILES string of the molecule is Cn1nc2c(c1CNC(=O)NCc1ccc(F)cc1)CCC2. The zero-order valence-corrected chi connectivity index (χ0v) is 12.5. The number of halogens is 1. The summed E-state index contributed by atoms with van der Waals surface area (Å²) in [5, 5.41) is 10.1. The fourth-order valence-corrected chi connectivity index (χ4v) is 2.82. The van der Waals surface area contributed by atoms with Crippen LogP contribution in [0.2, 0.25) is 0 Å². The lowest BCUT2D eigenvalue weighted by molar-refractivity contribution is 0.240. The highest BCUT2D eigenvalue weighted by atomic mass is 19.1. The summed E-state index contributed by atoms with van der Waals surface area (Å²) in [5.41, 5.74) is 4.37. The van der Waals surface area contributed by atoms with Gasteiger partial charge in [-0.1, -0.05) is 12.1 Å². The van der Waals surface area contributed by atoms with Crippen molar-refractivity contribution >= 4 is 6.03 Å². The first kappa shape index (κ1) is 14.6. The first-order valence-electron chi connectivity index (χ1n) is 7.43. The fourth-order valence-electron chi connectivity index (χ4n) is 2.82. The normalized spacial score (nSPS) is 13.0. The Labute approximate surface area is 128 Å². The number of carbonyl (C=O) groups excluding carboxylic acids is 1. The Morgan fingerprint density at radius 3 is 2.73 bits per heavy atom. The highest BCUT2D eigenvalue weighted by molar-refractivity contribution is 5.73. The van der Waals surface area contributed by atoms with E-state index in [1.165, 1.54) is 17.7 Å². The van der Waals surface area contributed by atoms with Gasteiger partial charge in [-0.15, -0.1) is 0 Å². The molecule has 6 heteroatoms. The summed E-state index contributed by atoms with van der Waals surface area (Å²) in [5.74, 6) is -0.279. The van der Waals surface area contributed by atoms with Gasteiger partial charge >= 0.3 is 6.03 Å². The molecule has 1 aliphatic rings. The van der Waals surface area contributed by atoms with Crippen molar-refractivity contribution in [2.75, 3.05) is 0 Å². The van der Waals surface area contributed by atoms with Gasteiger partial charge in [0, 0.05) is 13.6 Å². The fraction of sp³-hybridized carbons (Fsp3) is 0.375. The van der Waals surface area contributed by atoms with Gasteiger partial charge in [-0.3, -0.25) is 4.68 Å². The number of hydrogen-bond acceptors (Lipinski definition) is 2. The van der Waals surface area contributed by atoms with Crippen LogP contribution >= 0.6 is 0 Å². The minimum atomic E-state index is -0.279. The van der Waals surface area contributed by atoms with Crippen LogP contribution in [0.5, 0.6) is 0 Å². The highest BCUT2D eigenvalue weighted by Gasteiger charge is 2.20. The third-order valence-corrected chi connectivity index (χ3v) is 3.98. The number of aryl methyl sites for hydroxylation is 2. The monoisotopic (exact) mass is 302 g/mol. The summed E-state index contributed by atoms with van der Waals surface area (Å²) in [7, 11) is 1.91. The van der Waals surface area contributed by atoms with Gasteiger partial charge in [-0.05, 0) is 42.5 Å². The van der Waals surface area contributed by atoms with Crippen LogP contribution in [-0.2, 0) is 33.0 Å². The second kappa shape index (κ2) is 6.17. The van der Waals surface area contributed by atoms with Gasteiger partial charge in [-0.2, -0.15) is 5.10 Å². The van der Waals surface area contributed by atoms with Gasteiger partial charge in [0.1, 0.15) is 5.82 Å². The molecule has 2 amide bonds. The van der Waals surface area contributed by atoms with Crippen molar-refractivity contribution < 1.29 is 9.18 Å². The maximum absolute atomic E-state index is 12.8. The average Bonchev–Trinajstić information content (AvgIpc) is 3.05. The van der Waals surface area contributed by atoms with Crippen LogP contribution in [0.25, 0.3) is 0 Å². The lowest BCUT2D eigenvalue weighted by atomic mass is 10.2. The molecule has 3 rings (SSSR count). The molecule has 0 fully saturated rings. The molecule has 0 saturated heterocycles. The van der Waals surface area contributed by atoms with Crippen molar-refractivity contribution in [1.29, 1.82) is 0 Å². The number of urea groups is 1. The summed E-state index contributed by atoms with van der Waals surface area (Å²) in [6.45, 7) is 0.837. The molecular weight excluding hydrogens is 283 g/mol. The number of amides is 2. The van der Waals surface area contributed by atoms with Crippen LogP contribution in [0.15, 0.2) is 24.3 Å². The molecule has 0 spiro atoms. The summed E-state index contributed by atoms with van der Waals surface area (Å²) in [6.07, 6.45) is 3.21. The second-order valence-corrected chi connectivity index (χ2v) is 5.51. The first-order chi connectivity index (χ1) is 10.6. The molecule has 116 valence electrons. The summed E-state index contributed by atoms with van der Waals surface area (Å²) in [4.78, 5) is 11.9. The second-order valence-electron chi connectivity index (χ2n) is 5.51. The number of nitrogens with one attached hydrogen (secondary N) is 2. The van der Waals surface area contributed by atoms with E-state index < -0.39 is 0 Å². The lowest BCUT2D eigenvalue weighted by Gasteiger charge is -2.09. The zero-order valence-electron chi connectivity index (χ0n) is 12.5. The Bertz CT molecular complexity index is 678. The molecule has 0 unspecified atom stereocenters. The number of hydrogen-bond donors (Lipinski definition) is 2. The minimum absolute atomic E-state index is 0.239. The molecule has 2 aromatic rings. The van der Waals surface area contributed by atoms with Crippen LogP contribution in [0.3, 0.4) is 0 Å². The molecule has 0 radical (unpaired) electrons. The smallest absolute Gasteiger partial charge is 0.315 e. The maximum Gasteiger partial charge on any atom is 0.315 e. The van der Waals surface area contributed by atoms with E-state index in [9.17, 15) is 9.18 Å². The van der Waals surface area contributed by atoms with Gasteiger partial charge in [0.15, 0.2) is 0 Å². The maximum atomic E-state index is 12.8. The van der Waals surface area contributed by atoms with Crippen LogP contribution in [0, 0.1) is 5.82 Å². The molecule has 1 aromatic heterocycles. The number of aromatic nitrogens is 2. The average molecular weight is 302 g/mol. The van der Waals surface area contributed by atoms with Crippen molar-refractivity contribution in [2.45, 2.75) is 32.4 Å². The molecule has 0 atom stereocenters. The minimum Gasteiger partial charge on any atom is -0.334 e. The summed E-state index contributed by atoms with van der Waals surface area (Å²) in [6, 6.07) is 5.84. The first-order valence-corrected chi connectivity index (χ1v) is 7.43. The predicted octanol–water partition coefficient (Wildman–Crippen LogP) is 2.05. The van der Waals surface area contributed by atoms with Crippen molar-refractivity contribution in [3.8, 4) is 0 Å². The van der Waals surface area contributed by atoms with Gasteiger partial charge in [0.05, 0.1) is 17.9 Å². The summed E-state index contributed by atoms with van der Waals surface area (Å²) >= 11 is 0. The van der Waals surface area contributed by atoms with Gasteiger partial charge < -0.3 is 10.6 Å². The lowest BCUT2D eigenvalue weighted by Crippen LogP contribution is -2.35. The van der Waals surface area contributed by atoms with Crippen LogP contribution in [0.1, 0.15) is 28.9 Å². The molecular formula is C16H19FN4O. The number of benzene rings is 1. The molecule has 1 aliphatic carbocycles. The Morgan fingerprint density at radius 1 is 1.23 bits per heavy atom. The largest absolute Gasteiger partial charge is 0.334 e. The van der Waals surface area contributed by atoms with Crippen LogP contribution in [-0.4, -0.2) is 15.8 Å². The van der Waals surface area contributed by atoms with Gasteiger partial charge in [-0.25, -0.2) is 9.18 Å². The molecule has 1 heterocycles. The molecule has 1 aromatic carbocycles. The van der Waals surface area contributed by atoms with E-state index in [2.05, 4.69) is 15.7 Å². The van der Waals surface area contributed by atoms with E-state index >= 15 is 0 Å². The quantitative estimate of drug-likeness (QED) is 0.908. The van der Waals surface area contributed by atoms with Crippen molar-refractivity contribution in [3.05, 3.63) is 52.6 Å². The van der Waals surface area contributed by atoms with Crippen molar-refractivity contribution in [2.24, 2.45) is 7.05 Å². The van der Waals surface area contributed by atoms with E-state index in [0.29, 0.717) is 13.1 Å². The van der Waals surface area contributed by atoms with Gasteiger partial charge in [0.25, 0.3) is 0 Å². The molecule has 0 saturated carbocycles. The van der Waals surface area contributed by atoms with Crippen molar-refractivity contribution in [3.63, 3.8) is 0 Å². The van der Waals surface area contributed by atoms with E-state index in [-0.39, 0.29) is 11.8 Å². The van der Waals surface area contributed by atoms with E-state index in [0.717, 1.165) is 36.2 Å². The highest BCUT2D eigenvalue weighted by Crippen LogP contribution is 2.24. The Hall–Kier alpha value is -2.37. The molecule has 22 heavy (non-hydrogen) atoms. The molecule has 2 N–H and O–H groups in total. The van der Waals surface area contributed by atoms with E-state index in [1.54, 1.807) is 12.1 Å². The summed E-state index contributed by atoms with van der Waals surface area (Å²) < 4.78 is 14.7. The van der Waals surface area contributed by atoms with Crippen molar-refractivity contribution in [1.82, 2.24) is 20.4 Å². The molecule has 0 bridgehead atoms. The zero-order chi connectivity index (χ0) is 15.5. The van der Waals surface area contributed by atoms with E-state index in [4.69, 9.17) is 0 Å². The number of rotatable bonds is 4. The Morgan fingerprint density at radius 2 is 1.95 bits per heavy atom. The number of carbonyl (C=O) groups is 1. The Kier molecular flexibility index (Phi) is 4.09. The predicted molar refractivity (Wildman–Crippen MR) is 80.7 cm³/mol. The van der Waals surface area contributed by atoms with E-state index in [1.807, 2.05) is 11.7 Å². The molecule has 5 nitrogen and oxygen atoms in total. The van der Waals surface area contributed by atoms with Gasteiger partial charge in [0.2, 0.25) is 0 Å². The third kappa shape index (κ3) is 3.10.